The molecule has 0 bridgehead atoms. The highest BCUT2D eigenvalue weighted by Crippen LogP contribution is 2.25. The fourth-order valence-electron chi connectivity index (χ4n) is 2.53. The molecular weight excluding hydrogens is 240 g/mol. The van der Waals surface area contributed by atoms with Gasteiger partial charge in [-0.25, -0.2) is 0 Å². The van der Waals surface area contributed by atoms with Crippen molar-refractivity contribution in [2.45, 2.75) is 37.8 Å². The molecule has 0 heterocycles. The largest absolute Gasteiger partial charge is 0.490 e. The van der Waals surface area contributed by atoms with Crippen molar-refractivity contribution >= 4 is 5.91 Å². The first-order valence-electron chi connectivity index (χ1n) is 6.90. The van der Waals surface area contributed by atoms with Crippen LogP contribution >= 0.6 is 0 Å². The summed E-state index contributed by atoms with van der Waals surface area (Å²) in [4.78, 5) is 11.7. The molecule has 4 nitrogen and oxygen atoms in total. The van der Waals surface area contributed by atoms with Gasteiger partial charge in [0.15, 0.2) is 0 Å². The zero-order valence-corrected chi connectivity index (χ0v) is 11.6. The van der Waals surface area contributed by atoms with Crippen molar-refractivity contribution < 1.29 is 9.53 Å². The average molecular weight is 262 g/mol. The fourth-order valence-corrected chi connectivity index (χ4v) is 2.53. The summed E-state index contributed by atoms with van der Waals surface area (Å²) in [6.07, 6.45) is 5.20. The summed E-state index contributed by atoms with van der Waals surface area (Å²) in [7, 11) is 3.42. The lowest BCUT2D eigenvalue weighted by molar-refractivity contribution is -0.122. The second-order valence-electron chi connectivity index (χ2n) is 4.93. The highest BCUT2D eigenvalue weighted by molar-refractivity contribution is 5.82. The number of ether oxygens (including phenoxy) is 1. The summed E-state index contributed by atoms with van der Waals surface area (Å²) in [5, 5.41) is 5.66. The first-order chi connectivity index (χ1) is 9.24. The Bertz CT molecular complexity index is 411. The number of carbonyl (C=O) groups excluding carboxylic acids is 1. The van der Waals surface area contributed by atoms with Crippen LogP contribution in [0.4, 0.5) is 0 Å². The predicted molar refractivity (Wildman–Crippen MR) is 75.2 cm³/mol. The number of amides is 1. The Morgan fingerprint density at radius 1 is 1.21 bits per heavy atom. The Morgan fingerprint density at radius 2 is 1.84 bits per heavy atom. The van der Waals surface area contributed by atoms with Gasteiger partial charge in [0.05, 0.1) is 6.10 Å². The summed E-state index contributed by atoms with van der Waals surface area (Å²) in [6, 6.07) is 7.47. The monoisotopic (exact) mass is 262 g/mol. The molecule has 0 spiro atoms. The van der Waals surface area contributed by atoms with Crippen molar-refractivity contribution in [2.75, 3.05) is 14.1 Å². The SMILES string of the molecule is CNC(=O)C(NC)c1ccc(OC2CCCC2)cc1. The molecule has 1 atom stereocenters. The molecule has 1 unspecified atom stereocenters. The number of benzene rings is 1. The standard InChI is InChI=1S/C15H22N2O2/c1-16-14(15(18)17-2)11-7-9-13(10-8-11)19-12-5-3-4-6-12/h7-10,12,14,16H,3-6H2,1-2H3,(H,17,18). The first kappa shape index (κ1) is 13.9. The van der Waals surface area contributed by atoms with E-state index in [1.807, 2.05) is 24.3 Å². The molecule has 0 saturated heterocycles. The third kappa shape index (κ3) is 3.47. The van der Waals surface area contributed by atoms with Gasteiger partial charge in [-0.15, -0.1) is 0 Å². The van der Waals surface area contributed by atoms with E-state index >= 15 is 0 Å². The van der Waals surface area contributed by atoms with Crippen molar-refractivity contribution in [3.63, 3.8) is 0 Å². The van der Waals surface area contributed by atoms with E-state index < -0.39 is 0 Å². The molecule has 19 heavy (non-hydrogen) atoms. The maximum atomic E-state index is 11.7. The zero-order valence-electron chi connectivity index (χ0n) is 11.6. The lowest BCUT2D eigenvalue weighted by atomic mass is 10.1. The van der Waals surface area contributed by atoms with Crippen molar-refractivity contribution in [3.8, 4) is 5.75 Å². The smallest absolute Gasteiger partial charge is 0.241 e. The van der Waals surface area contributed by atoms with Gasteiger partial charge in [-0.3, -0.25) is 4.79 Å². The third-order valence-corrected chi connectivity index (χ3v) is 3.62. The molecule has 0 radical (unpaired) electrons. The highest BCUT2D eigenvalue weighted by atomic mass is 16.5. The van der Waals surface area contributed by atoms with Crippen LogP contribution in [0, 0.1) is 0 Å². The van der Waals surface area contributed by atoms with Crippen LogP contribution in [-0.2, 0) is 4.79 Å². The quantitative estimate of drug-likeness (QED) is 0.853. The van der Waals surface area contributed by atoms with Gasteiger partial charge < -0.3 is 15.4 Å². The number of rotatable bonds is 5. The molecule has 2 rings (SSSR count). The Balaban J connectivity index is 2.02. The molecule has 1 aromatic rings. The molecule has 104 valence electrons. The van der Waals surface area contributed by atoms with Gasteiger partial charge in [0.25, 0.3) is 0 Å². The summed E-state index contributed by atoms with van der Waals surface area (Å²) in [5.74, 6) is 0.856. The fraction of sp³-hybridized carbons (Fsp3) is 0.533. The number of carbonyl (C=O) groups is 1. The number of hydrogen-bond donors (Lipinski definition) is 2. The lowest BCUT2D eigenvalue weighted by Crippen LogP contribution is -2.33. The number of nitrogens with one attached hydrogen (secondary N) is 2. The van der Waals surface area contributed by atoms with Crippen molar-refractivity contribution in [2.24, 2.45) is 0 Å². The summed E-state index contributed by atoms with van der Waals surface area (Å²) in [5.41, 5.74) is 0.945. The topological polar surface area (TPSA) is 50.4 Å². The summed E-state index contributed by atoms with van der Waals surface area (Å²) < 4.78 is 5.91. The van der Waals surface area contributed by atoms with Crippen LogP contribution in [0.2, 0.25) is 0 Å². The second kappa shape index (κ2) is 6.57. The van der Waals surface area contributed by atoms with E-state index in [4.69, 9.17) is 4.74 Å². The maximum Gasteiger partial charge on any atom is 0.241 e. The maximum absolute atomic E-state index is 11.7. The normalized spacial score (nSPS) is 17.2. The van der Waals surface area contributed by atoms with Crippen LogP contribution in [0.3, 0.4) is 0 Å². The van der Waals surface area contributed by atoms with Crippen LogP contribution in [0.1, 0.15) is 37.3 Å². The van der Waals surface area contributed by atoms with Crippen molar-refractivity contribution in [1.82, 2.24) is 10.6 Å². The van der Waals surface area contributed by atoms with Crippen molar-refractivity contribution in [3.05, 3.63) is 29.8 Å². The van der Waals surface area contributed by atoms with Crippen LogP contribution < -0.4 is 15.4 Å². The molecule has 1 aliphatic rings. The highest BCUT2D eigenvalue weighted by Gasteiger charge is 2.18. The van der Waals surface area contributed by atoms with E-state index in [1.165, 1.54) is 12.8 Å². The van der Waals surface area contributed by atoms with Gasteiger partial charge in [-0.1, -0.05) is 12.1 Å². The minimum atomic E-state index is -0.314. The minimum absolute atomic E-state index is 0.0352. The molecular formula is C15H22N2O2. The first-order valence-corrected chi connectivity index (χ1v) is 6.90. The molecule has 1 aromatic carbocycles. The number of likely N-dealkylation sites (N-methyl/N-ethyl adjacent to an activating group) is 2. The van der Waals surface area contributed by atoms with Gasteiger partial charge in [0, 0.05) is 7.05 Å². The van der Waals surface area contributed by atoms with Gasteiger partial charge in [0.1, 0.15) is 11.8 Å². The molecule has 1 aliphatic carbocycles. The molecule has 0 aliphatic heterocycles. The third-order valence-electron chi connectivity index (χ3n) is 3.62. The van der Waals surface area contributed by atoms with Crippen molar-refractivity contribution in [1.29, 1.82) is 0 Å². The minimum Gasteiger partial charge on any atom is -0.490 e. The Kier molecular flexibility index (Phi) is 4.80. The second-order valence-corrected chi connectivity index (χ2v) is 4.93. The van der Waals surface area contributed by atoms with Crippen LogP contribution in [0.25, 0.3) is 0 Å². The van der Waals surface area contributed by atoms with Gasteiger partial charge >= 0.3 is 0 Å². The van der Waals surface area contributed by atoms with Gasteiger partial charge in [0.2, 0.25) is 5.91 Å². The van der Waals surface area contributed by atoms with E-state index in [0.717, 1.165) is 24.2 Å². The van der Waals surface area contributed by atoms with Gasteiger partial charge in [-0.05, 0) is 50.4 Å². The molecule has 1 fully saturated rings. The Morgan fingerprint density at radius 3 is 2.37 bits per heavy atom. The lowest BCUT2D eigenvalue weighted by Gasteiger charge is -2.17. The van der Waals surface area contributed by atoms with E-state index in [9.17, 15) is 4.79 Å². The summed E-state index contributed by atoms with van der Waals surface area (Å²) in [6.45, 7) is 0. The van der Waals surface area contributed by atoms with Gasteiger partial charge in [-0.2, -0.15) is 0 Å². The van der Waals surface area contributed by atoms with E-state index in [0.29, 0.717) is 6.10 Å². The Labute approximate surface area is 114 Å². The average Bonchev–Trinajstić information content (AvgIpc) is 2.94. The van der Waals surface area contributed by atoms with E-state index in [2.05, 4.69) is 10.6 Å². The van der Waals surface area contributed by atoms with Crippen LogP contribution in [0.5, 0.6) is 5.75 Å². The van der Waals surface area contributed by atoms with E-state index in [1.54, 1.807) is 14.1 Å². The predicted octanol–water partition coefficient (Wildman–Crippen LogP) is 2.01. The molecule has 0 aromatic heterocycles. The van der Waals surface area contributed by atoms with Crippen LogP contribution in [0.15, 0.2) is 24.3 Å². The number of hydrogen-bond acceptors (Lipinski definition) is 3. The van der Waals surface area contributed by atoms with Crippen LogP contribution in [-0.4, -0.2) is 26.1 Å². The zero-order chi connectivity index (χ0) is 13.7. The summed E-state index contributed by atoms with van der Waals surface area (Å²) >= 11 is 0. The Hall–Kier alpha value is -1.55. The molecule has 1 amide bonds. The molecule has 2 N–H and O–H groups in total. The molecule has 4 heteroatoms. The van der Waals surface area contributed by atoms with E-state index in [-0.39, 0.29) is 11.9 Å². The molecule has 1 saturated carbocycles.